The fourth-order valence-electron chi connectivity index (χ4n) is 2.25. The van der Waals surface area contributed by atoms with E-state index in [-0.39, 0.29) is 23.5 Å². The van der Waals surface area contributed by atoms with Crippen LogP contribution in [0, 0.1) is 5.82 Å². The number of nitrogens with zero attached hydrogens (tertiary/aromatic N) is 2. The minimum Gasteiger partial charge on any atom is -0.336 e. The van der Waals surface area contributed by atoms with Crippen molar-refractivity contribution in [3.05, 3.63) is 59.4 Å². The van der Waals surface area contributed by atoms with Crippen molar-refractivity contribution >= 4 is 39.2 Å². The van der Waals surface area contributed by atoms with Crippen LogP contribution in [0.15, 0.2) is 53.4 Å². The molecule has 3 aromatic rings. The Hall–Kier alpha value is -1.92. The van der Waals surface area contributed by atoms with Crippen LogP contribution in [0.3, 0.4) is 0 Å². The van der Waals surface area contributed by atoms with Crippen molar-refractivity contribution in [3.8, 4) is 0 Å². The van der Waals surface area contributed by atoms with Crippen molar-refractivity contribution in [3.63, 3.8) is 0 Å². The Labute approximate surface area is 148 Å². The molecule has 0 bridgehead atoms. The van der Waals surface area contributed by atoms with Gasteiger partial charge in [-0.25, -0.2) is 9.37 Å². The number of thiazole rings is 1. The first-order valence-corrected chi connectivity index (χ1v) is 9.35. The van der Waals surface area contributed by atoms with Crippen molar-refractivity contribution in [2.24, 2.45) is 0 Å². The molecule has 6 heteroatoms. The molecule has 1 aromatic heterocycles. The standard InChI is InChI=1S/C18H17FN2OS2/c1-12(18-20-14-8-4-6-10-16(14)24-18)21(2)17(22)11-23-15-9-5-3-7-13(15)19/h3-10,12H,11H2,1-2H3/t12-/m0/s1. The number of amides is 1. The molecule has 2 aromatic carbocycles. The van der Waals surface area contributed by atoms with Crippen LogP contribution in [0.25, 0.3) is 10.2 Å². The van der Waals surface area contributed by atoms with Gasteiger partial charge in [0.2, 0.25) is 5.91 Å². The largest absolute Gasteiger partial charge is 0.336 e. The summed E-state index contributed by atoms with van der Waals surface area (Å²) >= 11 is 2.81. The van der Waals surface area contributed by atoms with Crippen LogP contribution >= 0.6 is 23.1 Å². The maximum absolute atomic E-state index is 13.6. The highest BCUT2D eigenvalue weighted by Crippen LogP contribution is 2.29. The molecule has 1 atom stereocenters. The quantitative estimate of drug-likeness (QED) is 0.616. The molecule has 1 amide bonds. The highest BCUT2D eigenvalue weighted by molar-refractivity contribution is 8.00. The van der Waals surface area contributed by atoms with E-state index < -0.39 is 0 Å². The van der Waals surface area contributed by atoms with Gasteiger partial charge in [0.25, 0.3) is 0 Å². The van der Waals surface area contributed by atoms with Crippen molar-refractivity contribution in [1.29, 1.82) is 0 Å². The summed E-state index contributed by atoms with van der Waals surface area (Å²) in [6, 6.07) is 14.3. The maximum atomic E-state index is 13.6. The van der Waals surface area contributed by atoms with Gasteiger partial charge in [-0.1, -0.05) is 24.3 Å². The van der Waals surface area contributed by atoms with E-state index in [1.54, 1.807) is 41.5 Å². The summed E-state index contributed by atoms with van der Waals surface area (Å²) in [7, 11) is 1.76. The van der Waals surface area contributed by atoms with Gasteiger partial charge in [0.15, 0.2) is 0 Å². The first kappa shape index (κ1) is 16.9. The van der Waals surface area contributed by atoms with Gasteiger partial charge in [-0.15, -0.1) is 23.1 Å². The first-order chi connectivity index (χ1) is 11.6. The van der Waals surface area contributed by atoms with Gasteiger partial charge in [-0.2, -0.15) is 0 Å². The average Bonchev–Trinajstić information content (AvgIpc) is 3.03. The number of benzene rings is 2. The summed E-state index contributed by atoms with van der Waals surface area (Å²) in [6.45, 7) is 1.96. The number of fused-ring (bicyclic) bond motifs is 1. The zero-order valence-corrected chi connectivity index (χ0v) is 15.0. The van der Waals surface area contributed by atoms with Crippen LogP contribution in [0.1, 0.15) is 18.0 Å². The normalized spacial score (nSPS) is 12.3. The Kier molecular flexibility index (Phi) is 5.16. The average molecular weight is 360 g/mol. The lowest BCUT2D eigenvalue weighted by Gasteiger charge is -2.23. The third-order valence-corrected chi connectivity index (χ3v) is 6.07. The number of carbonyl (C=O) groups excluding carboxylic acids is 1. The highest BCUT2D eigenvalue weighted by Gasteiger charge is 2.21. The van der Waals surface area contributed by atoms with Gasteiger partial charge in [0.1, 0.15) is 10.8 Å². The Morgan fingerprint density at radius 3 is 2.71 bits per heavy atom. The smallest absolute Gasteiger partial charge is 0.233 e. The number of hydrogen-bond acceptors (Lipinski definition) is 4. The van der Waals surface area contributed by atoms with Gasteiger partial charge in [0.05, 0.1) is 22.0 Å². The second-order valence-electron chi connectivity index (χ2n) is 5.42. The molecule has 0 aliphatic rings. The summed E-state index contributed by atoms with van der Waals surface area (Å²) in [5.74, 6) is -0.140. The number of aromatic nitrogens is 1. The lowest BCUT2D eigenvalue weighted by molar-refractivity contribution is -0.128. The number of hydrogen-bond donors (Lipinski definition) is 0. The molecule has 0 N–H and O–H groups in total. The molecule has 0 unspecified atom stereocenters. The van der Waals surface area contributed by atoms with Crippen molar-refractivity contribution in [2.45, 2.75) is 17.9 Å². The predicted molar refractivity (Wildman–Crippen MR) is 97.9 cm³/mol. The van der Waals surface area contributed by atoms with Gasteiger partial charge < -0.3 is 4.90 Å². The van der Waals surface area contributed by atoms with E-state index in [9.17, 15) is 9.18 Å². The zero-order valence-electron chi connectivity index (χ0n) is 13.4. The van der Waals surface area contributed by atoms with Crippen LogP contribution in [0.2, 0.25) is 0 Å². The molecule has 3 rings (SSSR count). The van der Waals surface area contributed by atoms with Crippen molar-refractivity contribution < 1.29 is 9.18 Å². The van der Waals surface area contributed by atoms with Gasteiger partial charge >= 0.3 is 0 Å². The fraction of sp³-hybridized carbons (Fsp3) is 0.222. The topological polar surface area (TPSA) is 33.2 Å². The monoisotopic (exact) mass is 360 g/mol. The van der Waals surface area contributed by atoms with Crippen molar-refractivity contribution in [2.75, 3.05) is 12.8 Å². The molecule has 0 saturated heterocycles. The van der Waals surface area contributed by atoms with Crippen LogP contribution in [-0.2, 0) is 4.79 Å². The fourth-order valence-corrected chi connectivity index (χ4v) is 4.18. The molecule has 0 radical (unpaired) electrons. The lowest BCUT2D eigenvalue weighted by Crippen LogP contribution is -2.31. The molecular weight excluding hydrogens is 343 g/mol. The van der Waals surface area contributed by atoms with Crippen molar-refractivity contribution in [1.82, 2.24) is 9.88 Å². The number of para-hydroxylation sites is 1. The summed E-state index contributed by atoms with van der Waals surface area (Å²) in [5, 5.41) is 0.906. The van der Waals surface area contributed by atoms with E-state index >= 15 is 0 Å². The Morgan fingerprint density at radius 2 is 1.96 bits per heavy atom. The van der Waals surface area contributed by atoms with E-state index in [0.29, 0.717) is 4.90 Å². The third kappa shape index (κ3) is 3.60. The maximum Gasteiger partial charge on any atom is 0.233 e. The van der Waals surface area contributed by atoms with Gasteiger partial charge in [-0.05, 0) is 31.2 Å². The Bertz CT molecular complexity index is 832. The van der Waals surface area contributed by atoms with E-state index in [1.165, 1.54) is 17.8 Å². The molecule has 24 heavy (non-hydrogen) atoms. The molecule has 124 valence electrons. The molecule has 0 aliphatic carbocycles. The molecule has 0 saturated carbocycles. The van der Waals surface area contributed by atoms with E-state index in [0.717, 1.165) is 15.2 Å². The van der Waals surface area contributed by atoms with Crippen LogP contribution in [-0.4, -0.2) is 28.6 Å². The molecule has 0 aliphatic heterocycles. The van der Waals surface area contributed by atoms with E-state index in [4.69, 9.17) is 0 Å². The summed E-state index contributed by atoms with van der Waals surface area (Å²) < 4.78 is 14.7. The van der Waals surface area contributed by atoms with Gasteiger partial charge in [0, 0.05) is 11.9 Å². The van der Waals surface area contributed by atoms with Crippen LogP contribution < -0.4 is 0 Å². The molecule has 3 nitrogen and oxygen atoms in total. The van der Waals surface area contributed by atoms with Crippen LogP contribution in [0.5, 0.6) is 0 Å². The second kappa shape index (κ2) is 7.32. The minimum atomic E-state index is -0.294. The second-order valence-corrected chi connectivity index (χ2v) is 7.50. The molecule has 0 fully saturated rings. The molecule has 1 heterocycles. The summed E-state index contributed by atoms with van der Waals surface area (Å²) in [6.07, 6.45) is 0. The predicted octanol–water partition coefficient (Wildman–Crippen LogP) is 4.75. The number of carbonyl (C=O) groups is 1. The number of rotatable bonds is 5. The van der Waals surface area contributed by atoms with E-state index in [1.807, 2.05) is 31.2 Å². The number of thioether (sulfide) groups is 1. The van der Waals surface area contributed by atoms with Crippen LogP contribution in [0.4, 0.5) is 4.39 Å². The molecule has 0 spiro atoms. The Balaban J connectivity index is 1.67. The summed E-state index contributed by atoms with van der Waals surface area (Å²) in [5.41, 5.74) is 0.950. The molecular formula is C18H17FN2OS2. The first-order valence-electron chi connectivity index (χ1n) is 7.54. The lowest BCUT2D eigenvalue weighted by atomic mass is 10.3. The van der Waals surface area contributed by atoms with E-state index in [2.05, 4.69) is 4.98 Å². The third-order valence-electron chi connectivity index (χ3n) is 3.83. The highest BCUT2D eigenvalue weighted by atomic mass is 32.2. The minimum absolute atomic E-state index is 0.0463. The summed E-state index contributed by atoms with van der Waals surface area (Å²) in [4.78, 5) is 19.2. The Morgan fingerprint density at radius 1 is 1.25 bits per heavy atom. The zero-order chi connectivity index (χ0) is 17.1. The van der Waals surface area contributed by atoms with Gasteiger partial charge in [-0.3, -0.25) is 4.79 Å². The SMILES string of the molecule is C[C@@H](c1nc2ccccc2s1)N(C)C(=O)CSc1ccccc1F. The number of halogens is 1.